The van der Waals surface area contributed by atoms with Crippen LogP contribution in [0.4, 0.5) is 4.79 Å². The van der Waals surface area contributed by atoms with Gasteiger partial charge in [0, 0.05) is 6.54 Å². The minimum absolute atomic E-state index is 0.0262. The standard InChI is InChI=1S/C14H22N2O4/c1-2-9-16(11-13(17)18)14(19)15-8-10-20-12-6-4-3-5-7-12/h1,12H,3-11H2,(H,15,19)(H,17,18). The van der Waals surface area contributed by atoms with Crippen LogP contribution in [0.15, 0.2) is 0 Å². The number of carbonyl (C=O) groups is 2. The molecule has 0 saturated heterocycles. The van der Waals surface area contributed by atoms with E-state index in [4.69, 9.17) is 16.3 Å². The van der Waals surface area contributed by atoms with Crippen LogP contribution in [0, 0.1) is 12.3 Å². The zero-order valence-corrected chi connectivity index (χ0v) is 11.6. The zero-order valence-electron chi connectivity index (χ0n) is 11.6. The fourth-order valence-electron chi connectivity index (χ4n) is 2.20. The predicted molar refractivity (Wildman–Crippen MR) is 74.3 cm³/mol. The molecule has 2 N–H and O–H groups in total. The van der Waals surface area contributed by atoms with E-state index >= 15 is 0 Å². The Bertz CT molecular complexity index is 359. The van der Waals surface area contributed by atoms with E-state index in [1.54, 1.807) is 0 Å². The molecule has 6 heteroatoms. The third kappa shape index (κ3) is 6.43. The van der Waals surface area contributed by atoms with Gasteiger partial charge in [0.25, 0.3) is 0 Å². The molecule has 6 nitrogen and oxygen atoms in total. The number of nitrogens with zero attached hydrogens (tertiary/aromatic N) is 1. The maximum Gasteiger partial charge on any atom is 0.323 e. The van der Waals surface area contributed by atoms with Gasteiger partial charge in [-0.2, -0.15) is 0 Å². The molecule has 1 aliphatic rings. The lowest BCUT2D eigenvalue weighted by Crippen LogP contribution is -2.44. The van der Waals surface area contributed by atoms with Gasteiger partial charge in [-0.05, 0) is 12.8 Å². The van der Waals surface area contributed by atoms with Crippen molar-refractivity contribution in [3.63, 3.8) is 0 Å². The van der Waals surface area contributed by atoms with Crippen molar-refractivity contribution in [2.45, 2.75) is 38.2 Å². The third-order valence-corrected chi connectivity index (χ3v) is 3.18. The summed E-state index contributed by atoms with van der Waals surface area (Å²) in [7, 11) is 0. The molecule has 0 bridgehead atoms. The summed E-state index contributed by atoms with van der Waals surface area (Å²) in [4.78, 5) is 23.4. The maximum atomic E-state index is 11.7. The molecule has 0 unspecified atom stereocenters. The first-order chi connectivity index (χ1) is 9.63. The van der Waals surface area contributed by atoms with Crippen molar-refractivity contribution in [1.29, 1.82) is 0 Å². The molecule has 0 aromatic heterocycles. The minimum atomic E-state index is -1.09. The second-order valence-corrected chi connectivity index (χ2v) is 4.82. The molecule has 1 fully saturated rings. The van der Waals surface area contributed by atoms with Crippen molar-refractivity contribution in [1.82, 2.24) is 10.2 Å². The number of rotatable bonds is 7. The molecule has 1 saturated carbocycles. The number of carboxylic acid groups (broad SMARTS) is 1. The van der Waals surface area contributed by atoms with Crippen LogP contribution in [0.3, 0.4) is 0 Å². The Labute approximate surface area is 119 Å². The van der Waals surface area contributed by atoms with Crippen molar-refractivity contribution in [2.75, 3.05) is 26.2 Å². The van der Waals surface area contributed by atoms with E-state index in [0.717, 1.165) is 17.7 Å². The highest BCUT2D eigenvalue weighted by Crippen LogP contribution is 2.19. The Kier molecular flexibility index (Phi) is 7.51. The molecular formula is C14H22N2O4. The van der Waals surface area contributed by atoms with E-state index in [1.165, 1.54) is 19.3 Å². The second-order valence-electron chi connectivity index (χ2n) is 4.82. The average Bonchev–Trinajstić information content (AvgIpc) is 2.43. The number of hydrogen-bond acceptors (Lipinski definition) is 3. The Morgan fingerprint density at radius 3 is 2.65 bits per heavy atom. The molecule has 0 aromatic carbocycles. The number of carbonyl (C=O) groups excluding carboxylic acids is 1. The normalized spacial score (nSPS) is 15.3. The van der Waals surface area contributed by atoms with E-state index in [0.29, 0.717) is 19.3 Å². The monoisotopic (exact) mass is 282 g/mol. The van der Waals surface area contributed by atoms with Crippen LogP contribution in [0.5, 0.6) is 0 Å². The van der Waals surface area contributed by atoms with E-state index in [2.05, 4.69) is 11.2 Å². The first-order valence-electron chi connectivity index (χ1n) is 6.93. The lowest BCUT2D eigenvalue weighted by atomic mass is 9.98. The fraction of sp³-hybridized carbons (Fsp3) is 0.714. The Morgan fingerprint density at radius 2 is 2.05 bits per heavy atom. The summed E-state index contributed by atoms with van der Waals surface area (Å²) in [6.07, 6.45) is 11.2. The molecule has 1 rings (SSSR count). The fourth-order valence-corrected chi connectivity index (χ4v) is 2.20. The number of nitrogens with one attached hydrogen (secondary N) is 1. The van der Waals surface area contributed by atoms with Crippen molar-refractivity contribution in [3.8, 4) is 12.3 Å². The summed E-state index contributed by atoms with van der Waals surface area (Å²) < 4.78 is 5.66. The second kappa shape index (κ2) is 9.21. The van der Waals surface area contributed by atoms with Gasteiger partial charge in [-0.3, -0.25) is 4.79 Å². The van der Waals surface area contributed by atoms with Crippen LogP contribution in [0.1, 0.15) is 32.1 Å². The van der Waals surface area contributed by atoms with Crippen molar-refractivity contribution in [3.05, 3.63) is 0 Å². The highest BCUT2D eigenvalue weighted by molar-refractivity contribution is 5.80. The lowest BCUT2D eigenvalue weighted by Gasteiger charge is -2.23. The van der Waals surface area contributed by atoms with Gasteiger partial charge in [0.1, 0.15) is 6.54 Å². The number of aliphatic carboxylic acids is 1. The molecule has 0 aliphatic heterocycles. The molecule has 0 aromatic rings. The van der Waals surface area contributed by atoms with Crippen molar-refractivity contribution < 1.29 is 19.4 Å². The summed E-state index contributed by atoms with van der Waals surface area (Å²) >= 11 is 0. The van der Waals surface area contributed by atoms with Gasteiger partial charge in [0.05, 0.1) is 19.3 Å². The third-order valence-electron chi connectivity index (χ3n) is 3.18. The zero-order chi connectivity index (χ0) is 14.8. The molecule has 0 heterocycles. The van der Waals surface area contributed by atoms with Crippen LogP contribution >= 0.6 is 0 Å². The summed E-state index contributed by atoms with van der Waals surface area (Å²) in [5, 5.41) is 11.3. The van der Waals surface area contributed by atoms with E-state index in [9.17, 15) is 9.59 Å². The van der Waals surface area contributed by atoms with Crippen molar-refractivity contribution >= 4 is 12.0 Å². The average molecular weight is 282 g/mol. The quantitative estimate of drug-likeness (QED) is 0.540. The summed E-state index contributed by atoms with van der Waals surface area (Å²) in [5.41, 5.74) is 0. The molecular weight excluding hydrogens is 260 g/mol. The number of carboxylic acids is 1. The summed E-state index contributed by atoms with van der Waals surface area (Å²) in [6.45, 7) is 0.366. The van der Waals surface area contributed by atoms with Gasteiger partial charge in [0.15, 0.2) is 0 Å². The first kappa shape index (κ1) is 16.3. The highest BCUT2D eigenvalue weighted by Gasteiger charge is 2.16. The summed E-state index contributed by atoms with van der Waals surface area (Å²) in [6, 6.07) is -0.474. The van der Waals surface area contributed by atoms with Crippen LogP contribution in [0.2, 0.25) is 0 Å². The minimum Gasteiger partial charge on any atom is -0.480 e. The number of amides is 2. The SMILES string of the molecule is C#CCN(CC(=O)O)C(=O)NCCOC1CCCCC1. The van der Waals surface area contributed by atoms with Gasteiger partial charge in [0.2, 0.25) is 0 Å². The Balaban J connectivity index is 2.19. The maximum absolute atomic E-state index is 11.7. The Hall–Kier alpha value is -1.74. The van der Waals surface area contributed by atoms with Crippen LogP contribution in [-0.2, 0) is 9.53 Å². The smallest absolute Gasteiger partial charge is 0.323 e. The van der Waals surface area contributed by atoms with E-state index in [1.807, 2.05) is 0 Å². The highest BCUT2D eigenvalue weighted by atomic mass is 16.5. The van der Waals surface area contributed by atoms with Crippen LogP contribution in [0.25, 0.3) is 0 Å². The topological polar surface area (TPSA) is 78.9 Å². The molecule has 20 heavy (non-hydrogen) atoms. The van der Waals surface area contributed by atoms with Gasteiger partial charge >= 0.3 is 12.0 Å². The van der Waals surface area contributed by atoms with Gasteiger partial charge < -0.3 is 20.1 Å². The van der Waals surface area contributed by atoms with Crippen LogP contribution < -0.4 is 5.32 Å². The van der Waals surface area contributed by atoms with E-state index in [-0.39, 0.29) is 6.54 Å². The van der Waals surface area contributed by atoms with Gasteiger partial charge in [-0.25, -0.2) is 4.79 Å². The largest absolute Gasteiger partial charge is 0.480 e. The number of ether oxygens (including phenoxy) is 1. The van der Waals surface area contributed by atoms with E-state index < -0.39 is 18.5 Å². The summed E-state index contributed by atoms with van der Waals surface area (Å²) in [5.74, 6) is 1.18. The Morgan fingerprint density at radius 1 is 1.35 bits per heavy atom. The lowest BCUT2D eigenvalue weighted by molar-refractivity contribution is -0.137. The van der Waals surface area contributed by atoms with Gasteiger partial charge in [-0.15, -0.1) is 6.42 Å². The molecule has 0 radical (unpaired) electrons. The number of urea groups is 1. The van der Waals surface area contributed by atoms with Gasteiger partial charge in [-0.1, -0.05) is 25.2 Å². The molecule has 1 aliphatic carbocycles. The molecule has 2 amide bonds. The predicted octanol–water partition coefficient (Wildman–Crippen LogP) is 1.07. The van der Waals surface area contributed by atoms with Crippen LogP contribution in [-0.4, -0.2) is 54.4 Å². The molecule has 0 spiro atoms. The molecule has 0 atom stereocenters. The molecule has 112 valence electrons. The first-order valence-corrected chi connectivity index (χ1v) is 6.93. The van der Waals surface area contributed by atoms with Crippen molar-refractivity contribution in [2.24, 2.45) is 0 Å². The number of terminal acetylenes is 1. The number of hydrogen-bond donors (Lipinski definition) is 2.